The van der Waals surface area contributed by atoms with E-state index in [0.717, 1.165) is 19.3 Å². The Kier molecular flexibility index (Phi) is 7.84. The molecule has 0 spiro atoms. The van der Waals surface area contributed by atoms with Gasteiger partial charge in [0.05, 0.1) is 13.2 Å². The van der Waals surface area contributed by atoms with Gasteiger partial charge < -0.3 is 14.8 Å². The summed E-state index contributed by atoms with van der Waals surface area (Å²) in [6, 6.07) is 6.39. The number of nitrogens with one attached hydrogen (secondary N) is 1. The summed E-state index contributed by atoms with van der Waals surface area (Å²) in [7, 11) is -3.72. The summed E-state index contributed by atoms with van der Waals surface area (Å²) in [4.78, 5) is 11.8. The number of carbonyl (C=O) groups is 1. The summed E-state index contributed by atoms with van der Waals surface area (Å²) in [6.07, 6.45) is 3.87. The fourth-order valence-corrected chi connectivity index (χ4v) is 4.49. The van der Waals surface area contributed by atoms with Gasteiger partial charge in [0.1, 0.15) is 16.7 Å². The largest absolute Gasteiger partial charge is 0.492 e. The molecule has 1 fully saturated rings. The molecule has 8 nitrogen and oxygen atoms in total. The molecule has 0 bridgehead atoms. The van der Waals surface area contributed by atoms with E-state index in [1.807, 2.05) is 0 Å². The molecule has 1 saturated heterocycles. The van der Waals surface area contributed by atoms with Crippen LogP contribution in [0.3, 0.4) is 0 Å². The Morgan fingerprint density at radius 1 is 1.25 bits per heavy atom. The molecule has 28 heavy (non-hydrogen) atoms. The molecule has 1 N–H and O–H groups in total. The minimum absolute atomic E-state index is 0.0595. The predicted molar refractivity (Wildman–Crippen MR) is 104 cm³/mol. The highest BCUT2D eigenvalue weighted by molar-refractivity contribution is 7.89. The molecule has 152 valence electrons. The number of esters is 1. The number of nitrogens with zero attached hydrogens (tertiary/aromatic N) is 2. The Bertz CT molecular complexity index is 868. The van der Waals surface area contributed by atoms with E-state index in [1.165, 1.54) is 16.6 Å². The van der Waals surface area contributed by atoms with Crippen LogP contribution in [0, 0.1) is 11.3 Å². The highest BCUT2D eigenvalue weighted by atomic mass is 32.2. The molecule has 1 aromatic rings. The van der Waals surface area contributed by atoms with Gasteiger partial charge in [0, 0.05) is 25.0 Å². The quantitative estimate of drug-likeness (QED) is 0.401. The number of anilines is 1. The number of rotatable bonds is 8. The van der Waals surface area contributed by atoms with Crippen LogP contribution in [-0.4, -0.2) is 45.0 Å². The summed E-state index contributed by atoms with van der Waals surface area (Å²) in [6.45, 7) is 4.87. The van der Waals surface area contributed by atoms with Crippen LogP contribution >= 0.6 is 0 Å². The summed E-state index contributed by atoms with van der Waals surface area (Å²) in [5.74, 6) is -0.474. The third-order valence-corrected chi connectivity index (χ3v) is 6.10. The second-order valence-electron chi connectivity index (χ2n) is 6.09. The summed E-state index contributed by atoms with van der Waals surface area (Å²) >= 11 is 0. The number of nitriles is 1. The zero-order chi connectivity index (χ0) is 20.6. The van der Waals surface area contributed by atoms with E-state index in [4.69, 9.17) is 14.7 Å². The van der Waals surface area contributed by atoms with Crippen molar-refractivity contribution in [3.63, 3.8) is 0 Å². The predicted octanol–water partition coefficient (Wildman–Crippen LogP) is 2.64. The topological polar surface area (TPSA) is 109 Å². The van der Waals surface area contributed by atoms with Crippen LogP contribution in [-0.2, 0) is 19.6 Å². The normalized spacial score (nSPS) is 15.5. The molecule has 0 radical (unpaired) electrons. The number of ether oxygens (including phenoxy) is 2. The zero-order valence-electron chi connectivity index (χ0n) is 16.1. The van der Waals surface area contributed by atoms with Gasteiger partial charge in [-0.05, 0) is 44.9 Å². The molecule has 0 aliphatic carbocycles. The Labute approximate surface area is 165 Å². The minimum atomic E-state index is -3.72. The third-order valence-electron chi connectivity index (χ3n) is 4.18. The maximum atomic E-state index is 13.1. The monoisotopic (exact) mass is 407 g/mol. The van der Waals surface area contributed by atoms with Crippen molar-refractivity contribution in [3.8, 4) is 11.8 Å². The van der Waals surface area contributed by atoms with Gasteiger partial charge >= 0.3 is 5.97 Å². The van der Waals surface area contributed by atoms with Crippen LogP contribution in [0.5, 0.6) is 5.75 Å². The molecule has 1 heterocycles. The first-order chi connectivity index (χ1) is 13.4. The third kappa shape index (κ3) is 5.24. The molecule has 1 aromatic carbocycles. The first kappa shape index (κ1) is 21.7. The van der Waals surface area contributed by atoms with Crippen molar-refractivity contribution in [2.45, 2.75) is 38.0 Å². The Balaban J connectivity index is 2.35. The van der Waals surface area contributed by atoms with Crippen molar-refractivity contribution < 1.29 is 22.7 Å². The lowest BCUT2D eigenvalue weighted by Crippen LogP contribution is -2.35. The molecule has 0 atom stereocenters. The van der Waals surface area contributed by atoms with Crippen LogP contribution in [0.15, 0.2) is 34.9 Å². The number of hydrogen-bond donors (Lipinski definition) is 1. The van der Waals surface area contributed by atoms with Crippen LogP contribution in [0.25, 0.3) is 0 Å². The molecule has 2 rings (SSSR count). The average molecular weight is 407 g/mol. The number of carbonyl (C=O) groups excluding carboxylic acids is 1. The van der Waals surface area contributed by atoms with Gasteiger partial charge in [0.25, 0.3) is 0 Å². The lowest BCUT2D eigenvalue weighted by Gasteiger charge is -2.26. The van der Waals surface area contributed by atoms with Gasteiger partial charge in [-0.25, -0.2) is 13.2 Å². The smallest absolute Gasteiger partial charge is 0.350 e. The summed E-state index contributed by atoms with van der Waals surface area (Å²) in [5.41, 5.74) is 0.201. The Hall–Kier alpha value is -2.57. The second kappa shape index (κ2) is 10.1. The SMILES string of the molecule is CCOC(=O)/C(C#N)=C/Nc1ccc(OCC)c(S(=O)(=O)N2CCCCC2)c1. The number of piperidine rings is 1. The van der Waals surface area contributed by atoms with Crippen molar-refractivity contribution in [2.24, 2.45) is 0 Å². The Morgan fingerprint density at radius 2 is 1.96 bits per heavy atom. The first-order valence-corrected chi connectivity index (χ1v) is 10.7. The van der Waals surface area contributed by atoms with Gasteiger partial charge in [-0.3, -0.25) is 0 Å². The summed E-state index contributed by atoms with van der Waals surface area (Å²) in [5, 5.41) is 11.9. The molecular formula is C19H25N3O5S. The van der Waals surface area contributed by atoms with Crippen molar-refractivity contribution >= 4 is 21.7 Å². The van der Waals surface area contributed by atoms with E-state index in [0.29, 0.717) is 25.4 Å². The van der Waals surface area contributed by atoms with E-state index in [1.54, 1.807) is 32.0 Å². The molecule has 0 amide bonds. The van der Waals surface area contributed by atoms with Crippen LogP contribution < -0.4 is 10.1 Å². The van der Waals surface area contributed by atoms with Crippen LogP contribution in [0.1, 0.15) is 33.1 Å². The molecule has 9 heteroatoms. The molecule has 1 aliphatic rings. The van der Waals surface area contributed by atoms with Crippen molar-refractivity contribution in [1.82, 2.24) is 4.31 Å². The van der Waals surface area contributed by atoms with Crippen molar-refractivity contribution in [2.75, 3.05) is 31.6 Å². The van der Waals surface area contributed by atoms with E-state index < -0.39 is 16.0 Å². The number of hydrogen-bond acceptors (Lipinski definition) is 7. The van der Waals surface area contributed by atoms with Gasteiger partial charge in [-0.15, -0.1) is 0 Å². The number of benzene rings is 1. The average Bonchev–Trinajstić information content (AvgIpc) is 2.70. The fourth-order valence-electron chi connectivity index (χ4n) is 2.82. The lowest BCUT2D eigenvalue weighted by atomic mass is 10.2. The van der Waals surface area contributed by atoms with Crippen LogP contribution in [0.4, 0.5) is 5.69 Å². The molecular weight excluding hydrogens is 382 g/mol. The summed E-state index contributed by atoms with van der Waals surface area (Å²) < 4.78 is 38.0. The van der Waals surface area contributed by atoms with E-state index in [2.05, 4.69) is 5.32 Å². The van der Waals surface area contributed by atoms with Crippen molar-refractivity contribution in [3.05, 3.63) is 30.0 Å². The van der Waals surface area contributed by atoms with E-state index in [-0.39, 0.29) is 22.8 Å². The van der Waals surface area contributed by atoms with Gasteiger partial charge in [0.15, 0.2) is 5.57 Å². The van der Waals surface area contributed by atoms with Gasteiger partial charge in [-0.1, -0.05) is 6.42 Å². The second-order valence-corrected chi connectivity index (χ2v) is 8.00. The highest BCUT2D eigenvalue weighted by Gasteiger charge is 2.29. The lowest BCUT2D eigenvalue weighted by molar-refractivity contribution is -0.138. The molecule has 0 aromatic heterocycles. The van der Waals surface area contributed by atoms with Gasteiger partial charge in [-0.2, -0.15) is 9.57 Å². The molecule has 1 aliphatic heterocycles. The first-order valence-electron chi connectivity index (χ1n) is 9.25. The highest BCUT2D eigenvalue weighted by Crippen LogP contribution is 2.31. The maximum absolute atomic E-state index is 13.1. The number of sulfonamides is 1. The molecule has 0 unspecified atom stereocenters. The standard InChI is InChI=1S/C19H25N3O5S/c1-3-26-17-9-8-16(21-14-15(13-20)19(23)27-4-2)12-18(17)28(24,25)22-10-6-5-7-11-22/h8-9,12,14,21H,3-7,10-11H2,1-2H3/b15-14+. The zero-order valence-corrected chi connectivity index (χ0v) is 16.9. The van der Waals surface area contributed by atoms with E-state index in [9.17, 15) is 13.2 Å². The fraction of sp³-hybridized carbons (Fsp3) is 0.474. The van der Waals surface area contributed by atoms with Gasteiger partial charge in [0.2, 0.25) is 10.0 Å². The molecule has 0 saturated carbocycles. The van der Waals surface area contributed by atoms with E-state index >= 15 is 0 Å². The van der Waals surface area contributed by atoms with Crippen molar-refractivity contribution in [1.29, 1.82) is 5.26 Å². The minimum Gasteiger partial charge on any atom is -0.492 e. The van der Waals surface area contributed by atoms with Crippen LogP contribution in [0.2, 0.25) is 0 Å². The maximum Gasteiger partial charge on any atom is 0.350 e. The Morgan fingerprint density at radius 3 is 2.57 bits per heavy atom.